The number of fused-ring (bicyclic) bond motifs is 5. The van der Waals surface area contributed by atoms with Crippen molar-refractivity contribution in [3.05, 3.63) is 137 Å². The Hall–Kier alpha value is -4.71. The number of Topliss-reactive ketones (excluding diaryl/α,β-unsaturated/α-hetero) is 3. The number of hydrogen-bond donors (Lipinski definition) is 0. The molecule has 1 spiro atoms. The number of pyridine rings is 1. The summed E-state index contributed by atoms with van der Waals surface area (Å²) in [6.07, 6.45) is 7.06. The molecular formula is C32H21FN2O3. The highest BCUT2D eigenvalue weighted by Crippen LogP contribution is 2.60. The van der Waals surface area contributed by atoms with Crippen LogP contribution < -0.4 is 4.90 Å². The van der Waals surface area contributed by atoms with Crippen LogP contribution in [0.3, 0.4) is 0 Å². The quantitative estimate of drug-likeness (QED) is 0.273. The highest BCUT2D eigenvalue weighted by atomic mass is 19.1. The van der Waals surface area contributed by atoms with Crippen molar-refractivity contribution in [2.75, 3.05) is 4.90 Å². The average molecular weight is 501 g/mol. The summed E-state index contributed by atoms with van der Waals surface area (Å²) < 4.78 is 13.8. The molecule has 3 heterocycles. The van der Waals surface area contributed by atoms with Gasteiger partial charge in [0.2, 0.25) is 0 Å². The molecule has 38 heavy (non-hydrogen) atoms. The van der Waals surface area contributed by atoms with Gasteiger partial charge >= 0.3 is 0 Å². The number of carbonyl (C=O) groups excluding carboxylic acids is 3. The number of anilines is 1. The maximum atomic E-state index is 14.5. The normalized spacial score (nSPS) is 22.3. The van der Waals surface area contributed by atoms with Crippen LogP contribution in [0.15, 0.2) is 103 Å². The Morgan fingerprint density at radius 2 is 1.53 bits per heavy atom. The van der Waals surface area contributed by atoms with Gasteiger partial charge in [0.25, 0.3) is 0 Å². The fraction of sp³-hybridized carbons (Fsp3) is 0.125. The summed E-state index contributed by atoms with van der Waals surface area (Å²) in [4.78, 5) is 49.6. The van der Waals surface area contributed by atoms with Gasteiger partial charge in [-0.05, 0) is 47.5 Å². The molecule has 1 fully saturated rings. The van der Waals surface area contributed by atoms with E-state index in [-0.39, 0.29) is 17.3 Å². The van der Waals surface area contributed by atoms with Crippen LogP contribution in [0, 0.1) is 11.2 Å². The molecule has 3 aromatic carbocycles. The molecule has 1 aliphatic carbocycles. The van der Waals surface area contributed by atoms with Crippen molar-refractivity contribution in [2.24, 2.45) is 5.41 Å². The lowest BCUT2D eigenvalue weighted by molar-refractivity contribution is 0.0666. The van der Waals surface area contributed by atoms with Gasteiger partial charge in [-0.15, -0.1) is 0 Å². The fourth-order valence-corrected chi connectivity index (χ4v) is 6.64. The van der Waals surface area contributed by atoms with E-state index in [0.29, 0.717) is 22.3 Å². The van der Waals surface area contributed by atoms with Crippen molar-refractivity contribution in [1.82, 2.24) is 4.98 Å². The Labute approximate surface area is 218 Å². The molecule has 1 saturated heterocycles. The number of carbonyl (C=O) groups is 3. The molecular weight excluding hydrogens is 479 g/mol. The van der Waals surface area contributed by atoms with Gasteiger partial charge in [-0.25, -0.2) is 4.39 Å². The standard InChI is InChI=1S/C32H21FN2O3/c33-22-14-11-20(12-15-22)29(36)28-27(21-7-5-17-34-18-21)32(30(37)23-8-2-3-9-24(23)31(32)38)26-16-13-19-6-1-4-10-25(19)35(26)28/h1-18,26-28H. The summed E-state index contributed by atoms with van der Waals surface area (Å²) >= 11 is 0. The Bertz CT molecular complexity index is 1630. The zero-order valence-electron chi connectivity index (χ0n) is 20.1. The van der Waals surface area contributed by atoms with Crippen molar-refractivity contribution in [3.63, 3.8) is 0 Å². The first-order valence-electron chi connectivity index (χ1n) is 12.5. The first-order chi connectivity index (χ1) is 18.5. The highest BCUT2D eigenvalue weighted by Gasteiger charge is 2.71. The van der Waals surface area contributed by atoms with Gasteiger partial charge in [-0.3, -0.25) is 19.4 Å². The number of ketones is 3. The number of para-hydroxylation sites is 1. The lowest BCUT2D eigenvalue weighted by Gasteiger charge is -2.37. The first-order valence-corrected chi connectivity index (χ1v) is 12.5. The van der Waals surface area contributed by atoms with Crippen molar-refractivity contribution in [3.8, 4) is 0 Å². The van der Waals surface area contributed by atoms with E-state index < -0.39 is 29.2 Å². The summed E-state index contributed by atoms with van der Waals surface area (Å²) in [5.41, 5.74) is 1.76. The van der Waals surface area contributed by atoms with Gasteiger partial charge in [-0.2, -0.15) is 0 Å². The van der Waals surface area contributed by atoms with E-state index in [2.05, 4.69) is 4.98 Å². The second-order valence-electron chi connectivity index (χ2n) is 9.92. The summed E-state index contributed by atoms with van der Waals surface area (Å²) in [5.74, 6) is -2.15. The van der Waals surface area contributed by atoms with Gasteiger partial charge in [0.1, 0.15) is 17.3 Å². The van der Waals surface area contributed by atoms with Crippen LogP contribution in [-0.4, -0.2) is 34.4 Å². The topological polar surface area (TPSA) is 67.3 Å². The first kappa shape index (κ1) is 22.5. The zero-order chi connectivity index (χ0) is 26.0. The maximum Gasteiger partial charge on any atom is 0.185 e. The third kappa shape index (κ3) is 2.85. The Balaban J connectivity index is 1.54. The number of halogens is 1. The van der Waals surface area contributed by atoms with Crippen LogP contribution in [0.25, 0.3) is 6.08 Å². The molecule has 0 saturated carbocycles. The van der Waals surface area contributed by atoms with E-state index in [4.69, 9.17) is 0 Å². The molecule has 2 aliphatic heterocycles. The summed E-state index contributed by atoms with van der Waals surface area (Å²) in [7, 11) is 0. The van der Waals surface area contributed by atoms with E-state index in [1.807, 2.05) is 47.4 Å². The molecule has 3 unspecified atom stereocenters. The predicted molar refractivity (Wildman–Crippen MR) is 141 cm³/mol. The van der Waals surface area contributed by atoms with Crippen LogP contribution in [0.2, 0.25) is 0 Å². The predicted octanol–water partition coefficient (Wildman–Crippen LogP) is 5.54. The molecule has 0 radical (unpaired) electrons. The van der Waals surface area contributed by atoms with Gasteiger partial charge in [0.15, 0.2) is 17.3 Å². The largest absolute Gasteiger partial charge is 0.352 e. The lowest BCUT2D eigenvalue weighted by atomic mass is 9.64. The molecule has 0 amide bonds. The minimum Gasteiger partial charge on any atom is -0.352 e. The molecule has 3 atom stereocenters. The van der Waals surface area contributed by atoms with Crippen molar-refractivity contribution in [1.29, 1.82) is 0 Å². The maximum absolute atomic E-state index is 14.5. The number of benzene rings is 3. The monoisotopic (exact) mass is 500 g/mol. The van der Waals surface area contributed by atoms with Crippen LogP contribution in [0.5, 0.6) is 0 Å². The van der Waals surface area contributed by atoms with Gasteiger partial charge in [-0.1, -0.05) is 60.7 Å². The Morgan fingerprint density at radius 1 is 0.842 bits per heavy atom. The average Bonchev–Trinajstić information content (AvgIpc) is 3.40. The summed E-state index contributed by atoms with van der Waals surface area (Å²) in [5, 5.41) is 0. The van der Waals surface area contributed by atoms with Gasteiger partial charge < -0.3 is 4.90 Å². The number of hydrogen-bond acceptors (Lipinski definition) is 5. The molecule has 0 bridgehead atoms. The Kier molecular flexibility index (Phi) is 4.82. The van der Waals surface area contributed by atoms with E-state index in [9.17, 15) is 18.8 Å². The van der Waals surface area contributed by atoms with Crippen LogP contribution in [0.1, 0.15) is 48.1 Å². The number of aromatic nitrogens is 1. The SMILES string of the molecule is O=C(c1ccc(F)cc1)C1C(c2cccnc2)C2(C(=O)c3ccccc3C2=O)C2C=Cc3ccccc3N12. The molecule has 4 aromatic rings. The van der Waals surface area contributed by atoms with Gasteiger partial charge in [0.05, 0.1) is 6.04 Å². The van der Waals surface area contributed by atoms with E-state index in [0.717, 1.165) is 11.3 Å². The molecule has 184 valence electrons. The van der Waals surface area contributed by atoms with Crippen molar-refractivity contribution in [2.45, 2.75) is 18.0 Å². The fourth-order valence-electron chi connectivity index (χ4n) is 6.64. The molecule has 0 N–H and O–H groups in total. The minimum atomic E-state index is -1.57. The molecule has 1 aromatic heterocycles. The van der Waals surface area contributed by atoms with E-state index >= 15 is 0 Å². The third-order valence-corrected chi connectivity index (χ3v) is 8.15. The van der Waals surface area contributed by atoms with Crippen LogP contribution >= 0.6 is 0 Å². The Morgan fingerprint density at radius 3 is 2.21 bits per heavy atom. The second-order valence-corrected chi connectivity index (χ2v) is 9.92. The molecule has 5 nitrogen and oxygen atoms in total. The molecule has 6 heteroatoms. The van der Waals surface area contributed by atoms with E-state index in [1.165, 1.54) is 24.3 Å². The summed E-state index contributed by atoms with van der Waals surface area (Å²) in [6, 6.07) is 21.9. The summed E-state index contributed by atoms with van der Waals surface area (Å²) in [6.45, 7) is 0. The number of nitrogens with zero attached hydrogens (tertiary/aromatic N) is 2. The zero-order valence-corrected chi connectivity index (χ0v) is 20.1. The van der Waals surface area contributed by atoms with Crippen LogP contribution in [0.4, 0.5) is 10.1 Å². The van der Waals surface area contributed by atoms with Gasteiger partial charge in [0, 0.05) is 40.7 Å². The smallest absolute Gasteiger partial charge is 0.185 e. The molecule has 3 aliphatic rings. The molecule has 7 rings (SSSR count). The van der Waals surface area contributed by atoms with Crippen LogP contribution in [-0.2, 0) is 0 Å². The highest BCUT2D eigenvalue weighted by molar-refractivity contribution is 6.32. The number of rotatable bonds is 3. The van der Waals surface area contributed by atoms with Crippen molar-refractivity contribution >= 4 is 29.1 Å². The third-order valence-electron chi connectivity index (χ3n) is 8.15. The lowest BCUT2D eigenvalue weighted by Crippen LogP contribution is -2.48. The van der Waals surface area contributed by atoms with E-state index in [1.54, 1.807) is 42.7 Å². The van der Waals surface area contributed by atoms with Crippen molar-refractivity contribution < 1.29 is 18.8 Å². The second kappa shape index (κ2) is 8.15. The minimum absolute atomic E-state index is 0.289.